The van der Waals surface area contributed by atoms with Gasteiger partial charge in [-0.3, -0.25) is 0 Å². The van der Waals surface area contributed by atoms with Crippen LogP contribution in [0.1, 0.15) is 27.7 Å². The average molecular weight is 317 g/mol. The molecule has 1 aromatic carbocycles. The maximum atomic E-state index is 13.9. The summed E-state index contributed by atoms with van der Waals surface area (Å²) in [5.41, 5.74) is 4.63. The lowest BCUT2D eigenvalue weighted by atomic mass is 9.78. The monoisotopic (exact) mass is 317 g/mol. The highest BCUT2D eigenvalue weighted by Crippen LogP contribution is 2.37. The van der Waals surface area contributed by atoms with Gasteiger partial charge in [0.05, 0.1) is 22.6 Å². The number of halogens is 2. The van der Waals surface area contributed by atoms with Gasteiger partial charge in [0, 0.05) is 0 Å². The molecule has 1 saturated heterocycles. The van der Waals surface area contributed by atoms with E-state index in [-0.39, 0.29) is 23.7 Å². The first-order chi connectivity index (χ1) is 9.59. The number of benzene rings is 1. The molecule has 116 valence electrons. The van der Waals surface area contributed by atoms with Gasteiger partial charge in [-0.15, -0.1) is 3.89 Å². The van der Waals surface area contributed by atoms with Gasteiger partial charge in [-0.25, -0.2) is 14.6 Å². The van der Waals surface area contributed by atoms with E-state index in [9.17, 15) is 8.28 Å². The first-order valence-electron chi connectivity index (χ1n) is 6.37. The van der Waals surface area contributed by atoms with Crippen molar-refractivity contribution in [3.05, 3.63) is 17.9 Å². The van der Waals surface area contributed by atoms with Gasteiger partial charge >= 0.3 is 7.12 Å². The summed E-state index contributed by atoms with van der Waals surface area (Å²) in [7, 11) is -0.776. The van der Waals surface area contributed by atoms with Crippen molar-refractivity contribution in [1.29, 1.82) is 0 Å². The van der Waals surface area contributed by atoms with E-state index in [1.54, 1.807) is 0 Å². The zero-order valence-electron chi connectivity index (χ0n) is 12.3. The lowest BCUT2D eigenvalue weighted by molar-refractivity contribution is 0.00578. The highest BCUT2D eigenvalue weighted by molar-refractivity contribution is 7.95. The Hall–Kier alpha value is -1.03. The van der Waals surface area contributed by atoms with Gasteiger partial charge in [-0.1, -0.05) is 0 Å². The van der Waals surface area contributed by atoms with Gasteiger partial charge in [-0.2, -0.15) is 0 Å². The second kappa shape index (κ2) is 5.31. The van der Waals surface area contributed by atoms with Crippen LogP contribution in [0.25, 0.3) is 0 Å². The molecule has 1 aliphatic rings. The fourth-order valence-electron chi connectivity index (χ4n) is 1.96. The normalized spacial score (nSPS) is 19.9. The van der Waals surface area contributed by atoms with E-state index in [4.69, 9.17) is 20.9 Å². The highest BCUT2D eigenvalue weighted by atomic mass is 32.2. The molecule has 0 radical (unpaired) electrons. The summed E-state index contributed by atoms with van der Waals surface area (Å²) in [6.45, 7) is 7.53. The van der Waals surface area contributed by atoms with Crippen molar-refractivity contribution in [2.24, 2.45) is 5.84 Å². The molecule has 1 aromatic rings. The van der Waals surface area contributed by atoms with Gasteiger partial charge in [0.1, 0.15) is 5.82 Å². The molecule has 1 fully saturated rings. The first kappa shape index (κ1) is 16.3. The Morgan fingerprint density at radius 1 is 1.19 bits per heavy atom. The van der Waals surface area contributed by atoms with Crippen LogP contribution >= 0.6 is 12.3 Å². The van der Waals surface area contributed by atoms with Crippen LogP contribution in [0, 0.1) is 5.82 Å². The lowest BCUT2D eigenvalue weighted by Gasteiger charge is -2.32. The molecule has 0 amide bonds. The van der Waals surface area contributed by atoms with Crippen molar-refractivity contribution >= 4 is 36.3 Å². The minimum atomic E-state index is -0.776. The number of nitrogen functional groups attached to an aromatic ring is 1. The summed E-state index contributed by atoms with van der Waals surface area (Å²) in [6, 6.07) is 2.66. The third-order valence-electron chi connectivity index (χ3n) is 3.97. The minimum absolute atomic E-state index is 0.0206. The van der Waals surface area contributed by atoms with E-state index in [1.807, 2.05) is 27.7 Å². The molecule has 4 N–H and O–H groups in total. The summed E-state index contributed by atoms with van der Waals surface area (Å²) in [6.07, 6.45) is 0. The summed E-state index contributed by atoms with van der Waals surface area (Å²) in [5.74, 6) is 4.72. The van der Waals surface area contributed by atoms with Crippen LogP contribution in [0.5, 0.6) is 0 Å². The van der Waals surface area contributed by atoms with E-state index in [0.717, 1.165) is 0 Å². The topological polar surface area (TPSA) is 73.7 Å². The molecule has 0 unspecified atom stereocenters. The van der Waals surface area contributed by atoms with Gasteiger partial charge in [-0.05, 0) is 45.3 Å². The second-order valence-corrected chi connectivity index (χ2v) is 6.45. The van der Waals surface area contributed by atoms with E-state index >= 15 is 0 Å². The largest absolute Gasteiger partial charge is 0.495 e. The standard InChI is InChI=1S/C12H18BF2N3O2S/c1-11(2)12(3,4)20-13(19-11)7-5-8(14)10(16)9(6-7)18(17)21-15/h5-6H,16-17H2,1-4H3. The van der Waals surface area contributed by atoms with Crippen LogP contribution in [0.4, 0.5) is 19.7 Å². The zero-order chi connectivity index (χ0) is 16.0. The number of hydrazine groups is 1. The molecular weight excluding hydrogens is 299 g/mol. The lowest BCUT2D eigenvalue weighted by Crippen LogP contribution is -2.41. The maximum absolute atomic E-state index is 13.9. The van der Waals surface area contributed by atoms with Crippen molar-refractivity contribution in [3.8, 4) is 0 Å². The summed E-state index contributed by atoms with van der Waals surface area (Å²) in [5, 5.41) is 0. The van der Waals surface area contributed by atoms with E-state index in [1.165, 1.54) is 12.1 Å². The fourth-order valence-corrected chi connectivity index (χ4v) is 2.18. The summed E-state index contributed by atoms with van der Waals surface area (Å²) >= 11 is -0.266. The van der Waals surface area contributed by atoms with Crippen LogP contribution in [0.2, 0.25) is 0 Å². The number of hydrogen-bond acceptors (Lipinski definition) is 6. The quantitative estimate of drug-likeness (QED) is 0.292. The minimum Gasteiger partial charge on any atom is -0.399 e. The molecule has 5 nitrogen and oxygen atoms in total. The Balaban J connectivity index is 2.41. The fraction of sp³-hybridized carbons (Fsp3) is 0.500. The first-order valence-corrected chi connectivity index (χ1v) is 7.04. The second-order valence-electron chi connectivity index (χ2n) is 5.92. The van der Waals surface area contributed by atoms with Crippen molar-refractivity contribution in [2.45, 2.75) is 38.9 Å². The number of rotatable bonds is 3. The Kier molecular flexibility index (Phi) is 4.13. The van der Waals surface area contributed by atoms with Gasteiger partial charge in [0.2, 0.25) is 0 Å². The molecular formula is C12H18BF2N3O2S. The highest BCUT2D eigenvalue weighted by Gasteiger charge is 2.52. The number of anilines is 2. The molecule has 2 rings (SSSR count). The molecule has 21 heavy (non-hydrogen) atoms. The molecule has 9 heteroatoms. The average Bonchev–Trinajstić information content (AvgIpc) is 2.60. The van der Waals surface area contributed by atoms with E-state index in [2.05, 4.69) is 0 Å². The van der Waals surface area contributed by atoms with Crippen molar-refractivity contribution < 1.29 is 17.6 Å². The molecule has 0 spiro atoms. The van der Waals surface area contributed by atoms with Crippen molar-refractivity contribution in [3.63, 3.8) is 0 Å². The van der Waals surface area contributed by atoms with Crippen molar-refractivity contribution in [2.75, 3.05) is 10.1 Å². The molecule has 0 saturated carbocycles. The van der Waals surface area contributed by atoms with Crippen LogP contribution in [0.3, 0.4) is 0 Å². The van der Waals surface area contributed by atoms with Crippen LogP contribution in [0.15, 0.2) is 12.1 Å². The predicted molar refractivity (Wildman–Crippen MR) is 81.9 cm³/mol. The van der Waals surface area contributed by atoms with Gasteiger partial charge < -0.3 is 15.0 Å². The maximum Gasteiger partial charge on any atom is 0.495 e. The van der Waals surface area contributed by atoms with Crippen LogP contribution in [-0.2, 0) is 9.31 Å². The Labute approximate surface area is 127 Å². The van der Waals surface area contributed by atoms with Crippen LogP contribution < -0.4 is 21.5 Å². The molecule has 0 aliphatic carbocycles. The smallest absolute Gasteiger partial charge is 0.399 e. The van der Waals surface area contributed by atoms with Gasteiger partial charge in [0.25, 0.3) is 0 Å². The summed E-state index contributed by atoms with van der Waals surface area (Å²) < 4.78 is 38.8. The molecule has 1 aliphatic heterocycles. The van der Waals surface area contributed by atoms with Crippen molar-refractivity contribution in [1.82, 2.24) is 0 Å². The number of nitrogens with two attached hydrogens (primary N) is 2. The van der Waals surface area contributed by atoms with E-state index in [0.29, 0.717) is 9.88 Å². The third kappa shape index (κ3) is 2.83. The zero-order valence-corrected chi connectivity index (χ0v) is 13.1. The summed E-state index contributed by atoms with van der Waals surface area (Å²) in [4.78, 5) is 0. The predicted octanol–water partition coefficient (Wildman–Crippen LogP) is 1.92. The van der Waals surface area contributed by atoms with E-state index < -0.39 is 24.1 Å². The molecule has 0 aromatic heterocycles. The van der Waals surface area contributed by atoms with Crippen LogP contribution in [-0.4, -0.2) is 18.3 Å². The number of hydrogen-bond donors (Lipinski definition) is 2. The Bertz CT molecular complexity index is 544. The number of nitrogens with zero attached hydrogens (tertiary/aromatic N) is 1. The molecule has 0 atom stereocenters. The Morgan fingerprint density at radius 2 is 1.71 bits per heavy atom. The SMILES string of the molecule is CC1(C)OB(c2cc(F)c(N)c(N(N)SF)c2)OC1(C)C. The van der Waals surface area contributed by atoms with Gasteiger partial charge in [0.15, 0.2) is 12.3 Å². The Morgan fingerprint density at radius 3 is 2.19 bits per heavy atom. The molecule has 0 bridgehead atoms. The molecule has 1 heterocycles. The third-order valence-corrected chi connectivity index (χ3v) is 4.31.